The molecule has 126 valence electrons. The fraction of sp³-hybridized carbons (Fsp3) is 0.381. The molecule has 3 nitrogen and oxygen atoms in total. The van der Waals surface area contributed by atoms with Gasteiger partial charge in [0.15, 0.2) is 0 Å². The molecular weight excluding hydrogens is 298 g/mol. The first-order chi connectivity index (χ1) is 11.8. The summed E-state index contributed by atoms with van der Waals surface area (Å²) < 4.78 is 5.85. The van der Waals surface area contributed by atoms with Gasteiger partial charge >= 0.3 is 5.97 Å². The first-order valence-corrected chi connectivity index (χ1v) is 8.86. The topological polar surface area (TPSA) is 29.5 Å². The average Bonchev–Trinajstić information content (AvgIpc) is 2.67. The Morgan fingerprint density at radius 2 is 1.54 bits per heavy atom. The molecule has 3 heteroatoms. The second-order valence-electron chi connectivity index (χ2n) is 6.36. The third-order valence-electron chi connectivity index (χ3n) is 4.59. The lowest BCUT2D eigenvalue weighted by atomic mass is 10.0. The highest BCUT2D eigenvalue weighted by Crippen LogP contribution is 2.24. The smallest absolute Gasteiger partial charge is 0.338 e. The fourth-order valence-corrected chi connectivity index (χ4v) is 3.22. The number of carbonyl (C=O) groups is 1. The van der Waals surface area contributed by atoms with Gasteiger partial charge in [0.25, 0.3) is 0 Å². The molecule has 2 aromatic rings. The molecule has 0 amide bonds. The third-order valence-corrected chi connectivity index (χ3v) is 4.59. The Labute approximate surface area is 144 Å². The predicted molar refractivity (Wildman–Crippen MR) is 95.9 cm³/mol. The maximum Gasteiger partial charge on any atom is 0.338 e. The molecule has 3 rings (SSSR count). The van der Waals surface area contributed by atoms with Crippen LogP contribution in [0.15, 0.2) is 60.7 Å². The minimum atomic E-state index is -0.247. The minimum Gasteiger partial charge on any atom is -0.454 e. The predicted octanol–water partition coefficient (Wildman–Crippen LogP) is 4.46. The van der Waals surface area contributed by atoms with E-state index in [4.69, 9.17) is 4.74 Å². The molecule has 0 unspecified atom stereocenters. The van der Waals surface area contributed by atoms with Gasteiger partial charge in [-0.05, 0) is 43.6 Å². The first-order valence-electron chi connectivity index (χ1n) is 8.86. The lowest BCUT2D eigenvalue weighted by Gasteiger charge is -2.28. The molecule has 0 aromatic heterocycles. The Hall–Kier alpha value is -2.13. The zero-order valence-electron chi connectivity index (χ0n) is 14.1. The van der Waals surface area contributed by atoms with Crippen molar-refractivity contribution in [2.45, 2.75) is 31.8 Å². The van der Waals surface area contributed by atoms with Crippen molar-refractivity contribution in [1.29, 1.82) is 0 Å². The normalized spacial score (nSPS) is 16.5. The van der Waals surface area contributed by atoms with Crippen LogP contribution in [-0.4, -0.2) is 30.5 Å². The van der Waals surface area contributed by atoms with E-state index in [1.54, 1.807) is 12.1 Å². The van der Waals surface area contributed by atoms with Crippen molar-refractivity contribution in [2.75, 3.05) is 19.6 Å². The van der Waals surface area contributed by atoms with Crippen LogP contribution in [0.3, 0.4) is 0 Å². The molecule has 0 saturated carbocycles. The van der Waals surface area contributed by atoms with Gasteiger partial charge in [-0.1, -0.05) is 55.0 Å². The summed E-state index contributed by atoms with van der Waals surface area (Å²) in [5.41, 5.74) is 1.68. The summed E-state index contributed by atoms with van der Waals surface area (Å²) in [6, 6.07) is 19.3. The maximum atomic E-state index is 12.4. The van der Waals surface area contributed by atoms with Gasteiger partial charge in [0.05, 0.1) is 5.56 Å². The van der Waals surface area contributed by atoms with Crippen LogP contribution in [0, 0.1) is 0 Å². The highest BCUT2D eigenvalue weighted by molar-refractivity contribution is 5.89. The van der Waals surface area contributed by atoms with Crippen molar-refractivity contribution in [3.63, 3.8) is 0 Å². The van der Waals surface area contributed by atoms with Crippen molar-refractivity contribution in [3.8, 4) is 0 Å². The minimum absolute atomic E-state index is 0.194. The Balaban J connectivity index is 1.66. The van der Waals surface area contributed by atoms with E-state index in [0.717, 1.165) is 31.6 Å². The van der Waals surface area contributed by atoms with Crippen molar-refractivity contribution in [3.05, 3.63) is 71.8 Å². The summed E-state index contributed by atoms with van der Waals surface area (Å²) in [6.07, 6.45) is 4.53. The van der Waals surface area contributed by atoms with Gasteiger partial charge in [-0.25, -0.2) is 4.79 Å². The molecule has 1 atom stereocenters. The van der Waals surface area contributed by atoms with Gasteiger partial charge in [0.2, 0.25) is 0 Å². The lowest BCUT2D eigenvalue weighted by Crippen LogP contribution is -2.31. The largest absolute Gasteiger partial charge is 0.454 e. The van der Waals surface area contributed by atoms with Gasteiger partial charge in [0, 0.05) is 13.0 Å². The van der Waals surface area contributed by atoms with E-state index in [1.807, 2.05) is 48.5 Å². The summed E-state index contributed by atoms with van der Waals surface area (Å²) in [5, 5.41) is 0. The van der Waals surface area contributed by atoms with E-state index in [2.05, 4.69) is 4.90 Å². The number of carbonyl (C=O) groups excluding carboxylic acids is 1. The number of rotatable bonds is 6. The van der Waals surface area contributed by atoms with E-state index < -0.39 is 0 Å². The molecule has 24 heavy (non-hydrogen) atoms. The molecule has 0 N–H and O–H groups in total. The Morgan fingerprint density at radius 3 is 2.21 bits per heavy atom. The molecule has 0 radical (unpaired) electrons. The lowest BCUT2D eigenvalue weighted by molar-refractivity contribution is 0.0246. The summed E-state index contributed by atoms with van der Waals surface area (Å²) in [7, 11) is 0. The number of benzene rings is 2. The summed E-state index contributed by atoms with van der Waals surface area (Å²) in [6.45, 7) is 3.30. The van der Waals surface area contributed by atoms with Crippen LogP contribution in [0.2, 0.25) is 0 Å². The van der Waals surface area contributed by atoms with Crippen LogP contribution in [-0.2, 0) is 4.74 Å². The fourth-order valence-electron chi connectivity index (χ4n) is 3.22. The number of nitrogens with zero attached hydrogens (tertiary/aromatic N) is 1. The van der Waals surface area contributed by atoms with Gasteiger partial charge < -0.3 is 9.64 Å². The Bertz CT molecular complexity index is 621. The van der Waals surface area contributed by atoms with Crippen molar-refractivity contribution < 1.29 is 9.53 Å². The summed E-state index contributed by atoms with van der Waals surface area (Å²) >= 11 is 0. The van der Waals surface area contributed by atoms with Gasteiger partial charge in [0.1, 0.15) is 6.10 Å². The van der Waals surface area contributed by atoms with E-state index >= 15 is 0 Å². The molecule has 1 heterocycles. The van der Waals surface area contributed by atoms with Crippen LogP contribution < -0.4 is 0 Å². The monoisotopic (exact) mass is 323 g/mol. The highest BCUT2D eigenvalue weighted by atomic mass is 16.5. The van der Waals surface area contributed by atoms with Crippen molar-refractivity contribution in [1.82, 2.24) is 4.90 Å². The number of likely N-dealkylation sites (tertiary alicyclic amines) is 1. The Morgan fingerprint density at radius 1 is 0.917 bits per heavy atom. The number of esters is 1. The maximum absolute atomic E-state index is 12.4. The number of ether oxygens (including phenoxy) is 1. The summed E-state index contributed by atoms with van der Waals surface area (Å²) in [5.74, 6) is -0.247. The van der Waals surface area contributed by atoms with Crippen molar-refractivity contribution in [2.24, 2.45) is 0 Å². The molecule has 0 bridgehead atoms. The zero-order chi connectivity index (χ0) is 16.6. The average molecular weight is 323 g/mol. The second kappa shape index (κ2) is 8.65. The van der Waals surface area contributed by atoms with Crippen LogP contribution in [0.5, 0.6) is 0 Å². The first kappa shape index (κ1) is 16.7. The van der Waals surface area contributed by atoms with Crippen LogP contribution >= 0.6 is 0 Å². The van der Waals surface area contributed by atoms with Crippen LogP contribution in [0.25, 0.3) is 0 Å². The molecule has 2 aromatic carbocycles. The number of hydrogen-bond acceptors (Lipinski definition) is 3. The molecule has 0 spiro atoms. The van der Waals surface area contributed by atoms with Gasteiger partial charge in [-0.15, -0.1) is 0 Å². The van der Waals surface area contributed by atoms with Gasteiger partial charge in [-0.3, -0.25) is 0 Å². The SMILES string of the molecule is O=C(O[C@H](CCN1CCCCC1)c1ccccc1)c1ccccc1. The molecule has 1 saturated heterocycles. The zero-order valence-corrected chi connectivity index (χ0v) is 14.1. The quantitative estimate of drug-likeness (QED) is 0.735. The second-order valence-corrected chi connectivity index (χ2v) is 6.36. The highest BCUT2D eigenvalue weighted by Gasteiger charge is 2.20. The Kier molecular flexibility index (Phi) is 6.02. The number of hydrogen-bond donors (Lipinski definition) is 0. The number of piperidine rings is 1. The van der Waals surface area contributed by atoms with E-state index in [0.29, 0.717) is 5.56 Å². The third kappa shape index (κ3) is 4.68. The van der Waals surface area contributed by atoms with E-state index in [1.165, 1.54) is 19.3 Å². The standard InChI is InChI=1S/C21H25NO2/c23-21(19-12-6-2-7-13-19)24-20(18-10-4-1-5-11-18)14-17-22-15-8-3-9-16-22/h1-2,4-7,10-13,20H,3,8-9,14-17H2/t20-/m1/s1. The van der Waals surface area contributed by atoms with E-state index in [-0.39, 0.29) is 12.1 Å². The molecular formula is C21H25NO2. The van der Waals surface area contributed by atoms with Gasteiger partial charge in [-0.2, -0.15) is 0 Å². The summed E-state index contributed by atoms with van der Waals surface area (Å²) in [4.78, 5) is 14.9. The molecule has 0 aliphatic carbocycles. The van der Waals surface area contributed by atoms with Crippen LogP contribution in [0.4, 0.5) is 0 Å². The van der Waals surface area contributed by atoms with Crippen LogP contribution in [0.1, 0.15) is 47.7 Å². The molecule has 1 aliphatic rings. The van der Waals surface area contributed by atoms with Crippen molar-refractivity contribution >= 4 is 5.97 Å². The van der Waals surface area contributed by atoms with E-state index in [9.17, 15) is 4.79 Å². The molecule has 1 aliphatic heterocycles. The molecule has 1 fully saturated rings.